The minimum atomic E-state index is 0.603. The van der Waals surface area contributed by atoms with Crippen LogP contribution in [-0.4, -0.2) is 24.5 Å². The SMILES string of the molecule is c1ccc(-c2nc(-c3ccc(-n4c5ccccc5c5ccc(-c6nc7ccccc7o6)cc54)cc3)nc(-c3ccc4c(c3)sc3ccccc34)n2)cc1. The van der Waals surface area contributed by atoms with Gasteiger partial charge in [0.15, 0.2) is 23.1 Å². The number of thiophene rings is 1. The van der Waals surface area contributed by atoms with Crippen molar-refractivity contribution < 1.29 is 4.42 Å². The van der Waals surface area contributed by atoms with E-state index in [0.717, 1.165) is 55.5 Å². The number of hydrogen-bond donors (Lipinski definition) is 0. The van der Waals surface area contributed by atoms with E-state index in [-0.39, 0.29) is 0 Å². The molecule has 0 spiro atoms. The van der Waals surface area contributed by atoms with Gasteiger partial charge in [-0.25, -0.2) is 19.9 Å². The second kappa shape index (κ2) is 11.8. The van der Waals surface area contributed by atoms with Crippen LogP contribution in [0.15, 0.2) is 168 Å². The van der Waals surface area contributed by atoms with Gasteiger partial charge >= 0.3 is 0 Å². The normalized spacial score (nSPS) is 11.8. The summed E-state index contributed by atoms with van der Waals surface area (Å²) in [7, 11) is 0. The Balaban J connectivity index is 1.04. The summed E-state index contributed by atoms with van der Waals surface area (Å²) in [6.07, 6.45) is 0. The van der Waals surface area contributed by atoms with Gasteiger partial charge < -0.3 is 8.98 Å². The molecule has 0 saturated heterocycles. The van der Waals surface area contributed by atoms with E-state index in [0.29, 0.717) is 23.4 Å². The first-order valence-electron chi connectivity index (χ1n) is 17.5. The fourth-order valence-corrected chi connectivity index (χ4v) is 8.50. The van der Waals surface area contributed by atoms with E-state index in [2.05, 4.69) is 114 Å². The standard InChI is InChI=1S/C46H27N5OS/c1-2-10-28(11-3-1)43-48-44(50-45(49-43)30-20-25-36-35-13-5-9-17-41(35)53-42(36)27-30)29-18-22-32(23-19-29)51-38-15-7-4-12-33(38)34-24-21-31(26-39(34)51)46-47-37-14-6-8-16-40(37)52-46/h1-27H. The van der Waals surface area contributed by atoms with Crippen molar-refractivity contribution in [3.63, 3.8) is 0 Å². The summed E-state index contributed by atoms with van der Waals surface area (Å²) in [6, 6.07) is 56.5. The molecule has 0 radical (unpaired) electrons. The van der Waals surface area contributed by atoms with Crippen LogP contribution in [0, 0.1) is 0 Å². The number of hydrogen-bond acceptors (Lipinski definition) is 6. The van der Waals surface area contributed by atoms with E-state index in [1.165, 1.54) is 25.6 Å². The topological polar surface area (TPSA) is 69.6 Å². The lowest BCUT2D eigenvalue weighted by atomic mass is 10.1. The third kappa shape index (κ3) is 4.93. The summed E-state index contributed by atoms with van der Waals surface area (Å²) >= 11 is 1.79. The molecule has 0 unspecified atom stereocenters. The maximum absolute atomic E-state index is 6.17. The Bertz CT molecular complexity index is 3140. The van der Waals surface area contributed by atoms with Gasteiger partial charge in [0.1, 0.15) is 5.52 Å². The summed E-state index contributed by atoms with van der Waals surface area (Å²) in [6.45, 7) is 0. The zero-order chi connectivity index (χ0) is 34.9. The van der Waals surface area contributed by atoms with Gasteiger partial charge in [0.05, 0.1) is 11.0 Å². The van der Waals surface area contributed by atoms with E-state index < -0.39 is 0 Å². The summed E-state index contributed by atoms with van der Waals surface area (Å²) in [5.41, 5.74) is 8.58. The van der Waals surface area contributed by atoms with Gasteiger partial charge in [0, 0.05) is 58.9 Å². The molecule has 0 bridgehead atoms. The Morgan fingerprint density at radius 3 is 1.85 bits per heavy atom. The molecule has 7 aromatic carbocycles. The number of fused-ring (bicyclic) bond motifs is 7. The Kier molecular flexibility index (Phi) is 6.62. The number of para-hydroxylation sites is 3. The molecule has 7 heteroatoms. The van der Waals surface area contributed by atoms with E-state index in [9.17, 15) is 0 Å². The van der Waals surface area contributed by atoms with Crippen LogP contribution >= 0.6 is 11.3 Å². The van der Waals surface area contributed by atoms with Crippen molar-refractivity contribution in [1.29, 1.82) is 0 Å². The molecule has 0 amide bonds. The van der Waals surface area contributed by atoms with Gasteiger partial charge in [-0.1, -0.05) is 97.1 Å². The molecule has 11 rings (SSSR count). The van der Waals surface area contributed by atoms with Gasteiger partial charge in [0.2, 0.25) is 5.89 Å². The van der Waals surface area contributed by atoms with Crippen LogP contribution in [0.4, 0.5) is 0 Å². The van der Waals surface area contributed by atoms with Crippen molar-refractivity contribution in [2.24, 2.45) is 0 Å². The van der Waals surface area contributed by atoms with Crippen LogP contribution in [0.1, 0.15) is 0 Å². The molecule has 0 aliphatic carbocycles. The first-order valence-corrected chi connectivity index (χ1v) is 18.3. The fourth-order valence-electron chi connectivity index (χ4n) is 7.35. The Morgan fingerprint density at radius 1 is 0.415 bits per heavy atom. The molecule has 0 fully saturated rings. The number of nitrogens with zero attached hydrogens (tertiary/aromatic N) is 5. The second-order valence-corrected chi connectivity index (χ2v) is 14.2. The third-order valence-electron chi connectivity index (χ3n) is 9.90. The molecule has 4 aromatic heterocycles. The van der Waals surface area contributed by atoms with Crippen molar-refractivity contribution in [2.45, 2.75) is 0 Å². The molecule has 0 N–H and O–H groups in total. The third-order valence-corrected chi connectivity index (χ3v) is 11.0. The first-order chi connectivity index (χ1) is 26.2. The van der Waals surface area contributed by atoms with Gasteiger partial charge in [-0.3, -0.25) is 0 Å². The molecule has 0 aliphatic rings. The van der Waals surface area contributed by atoms with Crippen molar-refractivity contribution in [2.75, 3.05) is 0 Å². The maximum atomic E-state index is 6.17. The Hall–Kier alpha value is -6.96. The average molecular weight is 698 g/mol. The van der Waals surface area contributed by atoms with Crippen molar-refractivity contribution in [1.82, 2.24) is 24.5 Å². The Labute approximate surface area is 307 Å². The van der Waals surface area contributed by atoms with Crippen molar-refractivity contribution >= 4 is 64.4 Å². The smallest absolute Gasteiger partial charge is 0.227 e. The predicted octanol–water partition coefficient (Wildman–Crippen LogP) is 12.1. The lowest BCUT2D eigenvalue weighted by Gasteiger charge is -2.11. The maximum Gasteiger partial charge on any atom is 0.227 e. The van der Waals surface area contributed by atoms with E-state index in [1.54, 1.807) is 11.3 Å². The molecular formula is C46H27N5OS. The summed E-state index contributed by atoms with van der Waals surface area (Å²) in [5.74, 6) is 2.51. The molecule has 0 saturated carbocycles. The predicted molar refractivity (Wildman–Crippen MR) is 216 cm³/mol. The van der Waals surface area contributed by atoms with Crippen LogP contribution in [-0.2, 0) is 0 Å². The average Bonchev–Trinajstić information content (AvgIpc) is 3.92. The lowest BCUT2D eigenvalue weighted by Crippen LogP contribution is -2.00. The Morgan fingerprint density at radius 2 is 1.02 bits per heavy atom. The highest BCUT2D eigenvalue weighted by atomic mass is 32.1. The molecule has 4 heterocycles. The zero-order valence-corrected chi connectivity index (χ0v) is 29.0. The van der Waals surface area contributed by atoms with E-state index >= 15 is 0 Å². The quantitative estimate of drug-likeness (QED) is 0.179. The van der Waals surface area contributed by atoms with E-state index in [1.807, 2.05) is 54.6 Å². The minimum Gasteiger partial charge on any atom is -0.436 e. The van der Waals surface area contributed by atoms with Gasteiger partial charge in [-0.2, -0.15) is 0 Å². The molecule has 6 nitrogen and oxygen atoms in total. The van der Waals surface area contributed by atoms with E-state index in [4.69, 9.17) is 24.4 Å². The fraction of sp³-hybridized carbons (Fsp3) is 0. The number of aromatic nitrogens is 5. The molecule has 0 aliphatic heterocycles. The highest BCUT2D eigenvalue weighted by Gasteiger charge is 2.17. The highest BCUT2D eigenvalue weighted by molar-refractivity contribution is 7.25. The molecular weight excluding hydrogens is 671 g/mol. The molecule has 0 atom stereocenters. The zero-order valence-electron chi connectivity index (χ0n) is 28.1. The van der Waals surface area contributed by atoms with Crippen molar-refractivity contribution in [3.05, 3.63) is 164 Å². The van der Waals surface area contributed by atoms with Gasteiger partial charge in [-0.05, 0) is 66.7 Å². The van der Waals surface area contributed by atoms with Gasteiger partial charge in [-0.15, -0.1) is 11.3 Å². The number of benzene rings is 7. The van der Waals surface area contributed by atoms with Crippen LogP contribution in [0.25, 0.3) is 104 Å². The van der Waals surface area contributed by atoms with Crippen molar-refractivity contribution in [3.8, 4) is 51.3 Å². The molecule has 11 aromatic rings. The summed E-state index contributed by atoms with van der Waals surface area (Å²) in [4.78, 5) is 19.9. The second-order valence-electron chi connectivity index (χ2n) is 13.1. The van der Waals surface area contributed by atoms with Crippen LogP contribution in [0.2, 0.25) is 0 Å². The molecule has 248 valence electrons. The van der Waals surface area contributed by atoms with Crippen LogP contribution in [0.5, 0.6) is 0 Å². The molecule has 53 heavy (non-hydrogen) atoms. The minimum absolute atomic E-state index is 0.603. The van der Waals surface area contributed by atoms with Gasteiger partial charge in [0.25, 0.3) is 0 Å². The lowest BCUT2D eigenvalue weighted by molar-refractivity contribution is 0.620. The monoisotopic (exact) mass is 697 g/mol. The summed E-state index contributed by atoms with van der Waals surface area (Å²) in [5, 5.41) is 4.86. The highest BCUT2D eigenvalue weighted by Crippen LogP contribution is 2.38. The largest absolute Gasteiger partial charge is 0.436 e. The first kappa shape index (κ1) is 29.7. The number of oxazole rings is 1. The number of rotatable bonds is 5. The van der Waals surface area contributed by atoms with Crippen LogP contribution in [0.3, 0.4) is 0 Å². The van der Waals surface area contributed by atoms with Crippen LogP contribution < -0.4 is 0 Å². The summed E-state index contributed by atoms with van der Waals surface area (Å²) < 4.78 is 10.9.